The summed E-state index contributed by atoms with van der Waals surface area (Å²) in [5, 5.41) is 2.95. The van der Waals surface area contributed by atoms with Gasteiger partial charge in [-0.3, -0.25) is 4.79 Å². The van der Waals surface area contributed by atoms with E-state index in [0.717, 1.165) is 35.3 Å². The van der Waals surface area contributed by atoms with Gasteiger partial charge in [-0.15, -0.1) is 0 Å². The molecular formula is C15H19N3O2. The summed E-state index contributed by atoms with van der Waals surface area (Å²) in [4.78, 5) is 19.7. The molecule has 1 aliphatic heterocycles. The zero-order valence-corrected chi connectivity index (χ0v) is 11.8. The lowest BCUT2D eigenvalue weighted by atomic mass is 10.0. The minimum Gasteiger partial charge on any atom is -0.365 e. The molecule has 20 heavy (non-hydrogen) atoms. The first kappa shape index (κ1) is 13.1. The highest BCUT2D eigenvalue weighted by atomic mass is 16.5. The van der Waals surface area contributed by atoms with Crippen molar-refractivity contribution >= 4 is 16.9 Å². The summed E-state index contributed by atoms with van der Waals surface area (Å²) in [6.07, 6.45) is 1.74. The maximum absolute atomic E-state index is 12.2. The van der Waals surface area contributed by atoms with Crippen LogP contribution in [-0.4, -0.2) is 28.1 Å². The van der Waals surface area contributed by atoms with Crippen LogP contribution < -0.4 is 5.32 Å². The molecule has 5 nitrogen and oxygen atoms in total. The van der Waals surface area contributed by atoms with Crippen LogP contribution in [0.25, 0.3) is 11.0 Å². The number of imidazole rings is 1. The van der Waals surface area contributed by atoms with Crippen LogP contribution in [0.15, 0.2) is 18.2 Å². The Morgan fingerprint density at radius 1 is 1.55 bits per heavy atom. The van der Waals surface area contributed by atoms with Crippen LogP contribution in [0.4, 0.5) is 0 Å². The number of benzene rings is 1. The second-order valence-corrected chi connectivity index (χ2v) is 5.54. The number of amides is 1. The van der Waals surface area contributed by atoms with Gasteiger partial charge in [-0.2, -0.15) is 0 Å². The van der Waals surface area contributed by atoms with Crippen LogP contribution in [0.3, 0.4) is 0 Å². The molecule has 106 valence electrons. The molecule has 1 aliphatic rings. The molecule has 2 N–H and O–H groups in total. The number of rotatable bonds is 3. The van der Waals surface area contributed by atoms with Crippen molar-refractivity contribution in [3.8, 4) is 0 Å². The third kappa shape index (κ3) is 2.41. The van der Waals surface area contributed by atoms with Crippen molar-refractivity contribution in [2.45, 2.75) is 38.8 Å². The van der Waals surface area contributed by atoms with Gasteiger partial charge in [0.25, 0.3) is 5.91 Å². The second kappa shape index (κ2) is 4.90. The van der Waals surface area contributed by atoms with Crippen LogP contribution >= 0.6 is 0 Å². The average Bonchev–Trinajstić information content (AvgIpc) is 3.01. The second-order valence-electron chi connectivity index (χ2n) is 5.54. The fourth-order valence-corrected chi connectivity index (χ4v) is 2.62. The standard InChI is InChI=1S/C15H19N3O2/c1-10-17-12-5-4-11(8-13(12)18-10)9-16-14(19)15(2)6-3-7-20-15/h4-5,8H,3,6-7,9H2,1-2H3,(H,16,19)(H,17,18). The highest BCUT2D eigenvalue weighted by Crippen LogP contribution is 2.25. The predicted octanol–water partition coefficient (Wildman–Crippen LogP) is 2.06. The van der Waals surface area contributed by atoms with E-state index in [0.29, 0.717) is 13.2 Å². The maximum atomic E-state index is 12.2. The number of nitrogens with one attached hydrogen (secondary N) is 2. The fraction of sp³-hybridized carbons (Fsp3) is 0.467. The quantitative estimate of drug-likeness (QED) is 0.899. The summed E-state index contributed by atoms with van der Waals surface area (Å²) in [6, 6.07) is 5.97. The molecule has 1 amide bonds. The SMILES string of the molecule is Cc1nc2ccc(CNC(=O)C3(C)CCCO3)cc2[nH]1. The Morgan fingerprint density at radius 2 is 2.40 bits per heavy atom. The van der Waals surface area contributed by atoms with Gasteiger partial charge in [-0.05, 0) is 44.4 Å². The Kier molecular flexibility index (Phi) is 3.22. The molecule has 1 aromatic carbocycles. The topological polar surface area (TPSA) is 67.0 Å². The molecule has 0 bridgehead atoms. The predicted molar refractivity (Wildman–Crippen MR) is 76.3 cm³/mol. The number of aryl methyl sites for hydroxylation is 1. The van der Waals surface area contributed by atoms with Gasteiger partial charge in [0.05, 0.1) is 11.0 Å². The Labute approximate surface area is 117 Å². The van der Waals surface area contributed by atoms with E-state index in [4.69, 9.17) is 4.74 Å². The van der Waals surface area contributed by atoms with E-state index in [-0.39, 0.29) is 5.91 Å². The molecule has 0 spiro atoms. The first-order valence-corrected chi connectivity index (χ1v) is 6.94. The highest BCUT2D eigenvalue weighted by molar-refractivity contribution is 5.85. The minimum absolute atomic E-state index is 0.0316. The van der Waals surface area contributed by atoms with E-state index in [1.807, 2.05) is 32.0 Å². The molecule has 1 saturated heterocycles. The summed E-state index contributed by atoms with van der Waals surface area (Å²) in [7, 11) is 0. The molecule has 0 saturated carbocycles. The lowest BCUT2D eigenvalue weighted by molar-refractivity contribution is -0.139. The van der Waals surface area contributed by atoms with Crippen LogP contribution in [0.1, 0.15) is 31.2 Å². The van der Waals surface area contributed by atoms with E-state index in [1.165, 1.54) is 0 Å². The molecule has 1 fully saturated rings. The molecule has 1 aromatic heterocycles. The number of ether oxygens (including phenoxy) is 1. The number of hydrogen-bond donors (Lipinski definition) is 2. The van der Waals surface area contributed by atoms with Gasteiger partial charge in [-0.1, -0.05) is 6.07 Å². The number of hydrogen-bond acceptors (Lipinski definition) is 3. The number of aromatic nitrogens is 2. The third-order valence-electron chi connectivity index (χ3n) is 3.82. The van der Waals surface area contributed by atoms with Crippen LogP contribution in [0.5, 0.6) is 0 Å². The number of H-pyrrole nitrogens is 1. The minimum atomic E-state index is -0.658. The van der Waals surface area contributed by atoms with Crippen molar-refractivity contribution in [3.63, 3.8) is 0 Å². The molecule has 0 radical (unpaired) electrons. The van der Waals surface area contributed by atoms with Gasteiger partial charge < -0.3 is 15.0 Å². The van der Waals surface area contributed by atoms with Gasteiger partial charge in [0, 0.05) is 13.2 Å². The van der Waals surface area contributed by atoms with Crippen LogP contribution in [0.2, 0.25) is 0 Å². The van der Waals surface area contributed by atoms with Crippen molar-refractivity contribution in [1.82, 2.24) is 15.3 Å². The molecular weight excluding hydrogens is 254 g/mol. The lowest BCUT2D eigenvalue weighted by Crippen LogP contribution is -2.43. The number of nitrogens with zero attached hydrogens (tertiary/aromatic N) is 1. The smallest absolute Gasteiger partial charge is 0.252 e. The number of carbonyl (C=O) groups excluding carboxylic acids is 1. The largest absolute Gasteiger partial charge is 0.365 e. The summed E-state index contributed by atoms with van der Waals surface area (Å²) >= 11 is 0. The maximum Gasteiger partial charge on any atom is 0.252 e. The zero-order chi connectivity index (χ0) is 14.2. The summed E-state index contributed by atoms with van der Waals surface area (Å²) in [5.41, 5.74) is 2.34. The zero-order valence-electron chi connectivity index (χ0n) is 11.8. The van der Waals surface area contributed by atoms with Crippen molar-refractivity contribution in [1.29, 1.82) is 0 Å². The normalized spacial score (nSPS) is 22.3. The van der Waals surface area contributed by atoms with E-state index in [9.17, 15) is 4.79 Å². The fourth-order valence-electron chi connectivity index (χ4n) is 2.62. The van der Waals surface area contributed by atoms with E-state index in [1.54, 1.807) is 0 Å². The van der Waals surface area contributed by atoms with Gasteiger partial charge in [0.1, 0.15) is 11.4 Å². The average molecular weight is 273 g/mol. The molecule has 2 aromatic rings. The van der Waals surface area contributed by atoms with Gasteiger partial charge >= 0.3 is 0 Å². The highest BCUT2D eigenvalue weighted by Gasteiger charge is 2.37. The number of aromatic amines is 1. The molecule has 1 atom stereocenters. The Morgan fingerprint density at radius 3 is 3.15 bits per heavy atom. The Bertz CT molecular complexity index is 642. The Balaban J connectivity index is 1.68. The molecule has 5 heteroatoms. The summed E-state index contributed by atoms with van der Waals surface area (Å²) in [5.74, 6) is 0.865. The van der Waals surface area contributed by atoms with Crippen molar-refractivity contribution in [2.24, 2.45) is 0 Å². The lowest BCUT2D eigenvalue weighted by Gasteiger charge is -2.21. The van der Waals surface area contributed by atoms with Gasteiger partial charge in [-0.25, -0.2) is 4.98 Å². The van der Waals surface area contributed by atoms with E-state index < -0.39 is 5.60 Å². The molecule has 2 heterocycles. The number of carbonyl (C=O) groups is 1. The monoisotopic (exact) mass is 273 g/mol. The van der Waals surface area contributed by atoms with Crippen molar-refractivity contribution < 1.29 is 9.53 Å². The van der Waals surface area contributed by atoms with Gasteiger partial charge in [0.2, 0.25) is 0 Å². The third-order valence-corrected chi connectivity index (χ3v) is 3.82. The summed E-state index contributed by atoms with van der Waals surface area (Å²) in [6.45, 7) is 4.96. The molecule has 3 rings (SSSR count). The van der Waals surface area contributed by atoms with Gasteiger partial charge in [0.15, 0.2) is 0 Å². The first-order chi connectivity index (χ1) is 9.57. The van der Waals surface area contributed by atoms with Crippen LogP contribution in [-0.2, 0) is 16.1 Å². The number of fused-ring (bicyclic) bond motifs is 1. The summed E-state index contributed by atoms with van der Waals surface area (Å²) < 4.78 is 5.54. The molecule has 1 unspecified atom stereocenters. The van der Waals surface area contributed by atoms with Crippen LogP contribution in [0, 0.1) is 6.92 Å². The van der Waals surface area contributed by atoms with Crippen molar-refractivity contribution in [2.75, 3.05) is 6.61 Å². The Hall–Kier alpha value is -1.88. The van der Waals surface area contributed by atoms with Crippen molar-refractivity contribution in [3.05, 3.63) is 29.6 Å². The van der Waals surface area contributed by atoms with E-state index >= 15 is 0 Å². The van der Waals surface area contributed by atoms with E-state index in [2.05, 4.69) is 15.3 Å². The first-order valence-electron chi connectivity index (χ1n) is 6.94. The molecule has 0 aliphatic carbocycles.